The maximum Gasteiger partial charge on any atom is 0.0921 e. The summed E-state index contributed by atoms with van der Waals surface area (Å²) in [6.07, 6.45) is 16.4. The van der Waals surface area contributed by atoms with Gasteiger partial charge in [0.2, 0.25) is 0 Å². The second kappa shape index (κ2) is 3.49. The van der Waals surface area contributed by atoms with Gasteiger partial charge in [0.1, 0.15) is 0 Å². The van der Waals surface area contributed by atoms with E-state index >= 15 is 0 Å². The third-order valence-electron chi connectivity index (χ3n) is 4.14. The SMILES string of the molecule is C[Si]1(C)C2=CCCC=C2NC2C=CC=CC21. The molecule has 0 aromatic rings. The van der Waals surface area contributed by atoms with Gasteiger partial charge in [-0.3, -0.25) is 0 Å². The normalized spacial score (nSPS) is 34.4. The van der Waals surface area contributed by atoms with Crippen molar-refractivity contribution in [3.05, 3.63) is 47.3 Å². The molecular formula is C14H19NSi. The van der Waals surface area contributed by atoms with Gasteiger partial charge in [-0.15, -0.1) is 0 Å². The number of allylic oxidation sites excluding steroid dienone is 5. The van der Waals surface area contributed by atoms with Crippen molar-refractivity contribution in [3.8, 4) is 0 Å². The Morgan fingerprint density at radius 1 is 1.12 bits per heavy atom. The van der Waals surface area contributed by atoms with Gasteiger partial charge in [0.15, 0.2) is 0 Å². The standard InChI is InChI=1S/C14H19NSi/c1-16(2)13-9-5-3-7-11(13)15-12-8-4-6-10-14(12)16/h3,5,7-11,13,15H,4,6H2,1-2H3. The molecule has 3 rings (SSSR count). The van der Waals surface area contributed by atoms with Gasteiger partial charge in [-0.05, 0) is 18.0 Å². The molecule has 1 nitrogen and oxygen atoms in total. The summed E-state index contributed by atoms with van der Waals surface area (Å²) in [6, 6.07) is 0.535. The van der Waals surface area contributed by atoms with E-state index in [4.69, 9.17) is 0 Å². The summed E-state index contributed by atoms with van der Waals surface area (Å²) in [5.74, 6) is 0. The zero-order valence-electron chi connectivity index (χ0n) is 10.0. The minimum Gasteiger partial charge on any atom is -0.379 e. The summed E-state index contributed by atoms with van der Waals surface area (Å²) in [4.78, 5) is 0. The summed E-state index contributed by atoms with van der Waals surface area (Å²) in [5, 5.41) is 5.36. The van der Waals surface area contributed by atoms with Gasteiger partial charge in [-0.25, -0.2) is 0 Å². The topological polar surface area (TPSA) is 12.0 Å². The number of rotatable bonds is 0. The van der Waals surface area contributed by atoms with E-state index in [9.17, 15) is 0 Å². The van der Waals surface area contributed by atoms with Gasteiger partial charge < -0.3 is 5.32 Å². The molecule has 1 heterocycles. The van der Waals surface area contributed by atoms with Gasteiger partial charge in [-0.2, -0.15) is 0 Å². The second-order valence-corrected chi connectivity index (χ2v) is 10.1. The Hall–Kier alpha value is -1.02. The summed E-state index contributed by atoms with van der Waals surface area (Å²) >= 11 is 0. The van der Waals surface area contributed by atoms with Crippen molar-refractivity contribution < 1.29 is 0 Å². The lowest BCUT2D eigenvalue weighted by atomic mass is 10.0. The minimum absolute atomic E-state index is 0.535. The van der Waals surface area contributed by atoms with E-state index in [1.165, 1.54) is 18.5 Å². The predicted octanol–water partition coefficient (Wildman–Crippen LogP) is 3.31. The average Bonchev–Trinajstić information content (AvgIpc) is 2.29. The van der Waals surface area contributed by atoms with E-state index in [-0.39, 0.29) is 0 Å². The predicted molar refractivity (Wildman–Crippen MR) is 71.8 cm³/mol. The Balaban J connectivity index is 2.05. The maximum atomic E-state index is 3.70. The largest absolute Gasteiger partial charge is 0.379 e. The van der Waals surface area contributed by atoms with Crippen LogP contribution in [0, 0.1) is 0 Å². The van der Waals surface area contributed by atoms with Gasteiger partial charge in [0.25, 0.3) is 0 Å². The summed E-state index contributed by atoms with van der Waals surface area (Å²) in [7, 11) is -1.32. The van der Waals surface area contributed by atoms with Crippen LogP contribution in [-0.4, -0.2) is 14.1 Å². The first-order chi connectivity index (χ1) is 7.69. The zero-order chi connectivity index (χ0) is 11.2. The number of hydrogen-bond donors (Lipinski definition) is 1. The fraction of sp³-hybridized carbons (Fsp3) is 0.429. The average molecular weight is 229 g/mol. The molecule has 0 spiro atoms. The van der Waals surface area contributed by atoms with Crippen molar-refractivity contribution in [1.29, 1.82) is 0 Å². The molecule has 2 heteroatoms. The van der Waals surface area contributed by atoms with Crippen LogP contribution in [0.2, 0.25) is 18.6 Å². The highest BCUT2D eigenvalue weighted by Gasteiger charge is 2.44. The Labute approximate surface area is 98.6 Å². The molecule has 2 atom stereocenters. The molecule has 1 N–H and O–H groups in total. The van der Waals surface area contributed by atoms with Gasteiger partial charge in [-0.1, -0.05) is 49.6 Å². The second-order valence-electron chi connectivity index (χ2n) is 5.50. The van der Waals surface area contributed by atoms with E-state index < -0.39 is 8.07 Å². The summed E-state index contributed by atoms with van der Waals surface area (Å²) < 4.78 is 0. The molecule has 2 aliphatic carbocycles. The van der Waals surface area contributed by atoms with Crippen LogP contribution in [-0.2, 0) is 0 Å². The van der Waals surface area contributed by atoms with Crippen molar-refractivity contribution in [2.45, 2.75) is 37.5 Å². The molecule has 1 aliphatic heterocycles. The van der Waals surface area contributed by atoms with Crippen LogP contribution in [0.4, 0.5) is 0 Å². The fourth-order valence-electron chi connectivity index (χ4n) is 3.22. The van der Waals surface area contributed by atoms with Crippen molar-refractivity contribution in [2.75, 3.05) is 0 Å². The van der Waals surface area contributed by atoms with E-state index in [0.717, 1.165) is 5.54 Å². The number of fused-ring (bicyclic) bond motifs is 2. The first-order valence-corrected chi connectivity index (χ1v) is 9.30. The minimum atomic E-state index is -1.32. The molecule has 0 bridgehead atoms. The monoisotopic (exact) mass is 229 g/mol. The first kappa shape index (κ1) is 10.2. The third kappa shape index (κ3) is 1.36. The number of hydrogen-bond acceptors (Lipinski definition) is 1. The zero-order valence-corrected chi connectivity index (χ0v) is 11.0. The molecule has 0 aromatic heterocycles. The van der Waals surface area contributed by atoms with Gasteiger partial charge >= 0.3 is 0 Å². The molecule has 0 amide bonds. The van der Waals surface area contributed by atoms with Crippen LogP contribution in [0.1, 0.15) is 12.8 Å². The smallest absolute Gasteiger partial charge is 0.0921 e. The van der Waals surface area contributed by atoms with Crippen LogP contribution in [0.25, 0.3) is 0 Å². The molecule has 2 unspecified atom stereocenters. The van der Waals surface area contributed by atoms with E-state index in [1.54, 1.807) is 5.20 Å². The Bertz CT molecular complexity index is 426. The highest BCUT2D eigenvalue weighted by molar-refractivity contribution is 6.87. The van der Waals surface area contributed by atoms with Crippen LogP contribution in [0.15, 0.2) is 47.3 Å². The first-order valence-electron chi connectivity index (χ1n) is 6.22. The lowest BCUT2D eigenvalue weighted by molar-refractivity contribution is 0.639. The molecule has 0 radical (unpaired) electrons. The molecule has 1 fully saturated rings. The summed E-state index contributed by atoms with van der Waals surface area (Å²) in [5.41, 5.74) is 2.16. The van der Waals surface area contributed by atoms with Crippen molar-refractivity contribution in [1.82, 2.24) is 5.32 Å². The Kier molecular flexibility index (Phi) is 2.21. The number of nitrogens with one attached hydrogen (secondary N) is 1. The highest BCUT2D eigenvalue weighted by Crippen LogP contribution is 2.43. The third-order valence-corrected chi connectivity index (χ3v) is 8.22. The van der Waals surface area contributed by atoms with Crippen LogP contribution in [0.5, 0.6) is 0 Å². The van der Waals surface area contributed by atoms with Crippen LogP contribution >= 0.6 is 0 Å². The van der Waals surface area contributed by atoms with Crippen molar-refractivity contribution in [3.63, 3.8) is 0 Å². The molecule has 84 valence electrons. The van der Waals surface area contributed by atoms with Crippen LogP contribution < -0.4 is 5.32 Å². The molecule has 16 heavy (non-hydrogen) atoms. The maximum absolute atomic E-state index is 3.70. The molecule has 3 aliphatic rings. The highest BCUT2D eigenvalue weighted by atomic mass is 28.3. The van der Waals surface area contributed by atoms with E-state index in [0.29, 0.717) is 6.04 Å². The molecule has 1 saturated heterocycles. The Morgan fingerprint density at radius 2 is 1.88 bits per heavy atom. The molecule has 0 saturated carbocycles. The van der Waals surface area contributed by atoms with Crippen LogP contribution in [0.3, 0.4) is 0 Å². The Morgan fingerprint density at radius 3 is 2.75 bits per heavy atom. The van der Waals surface area contributed by atoms with Crippen molar-refractivity contribution >= 4 is 8.07 Å². The molecule has 0 aromatic carbocycles. The lowest BCUT2D eigenvalue weighted by Gasteiger charge is -2.46. The molecular weight excluding hydrogens is 210 g/mol. The lowest BCUT2D eigenvalue weighted by Crippen LogP contribution is -2.53. The summed E-state index contributed by atoms with van der Waals surface area (Å²) in [6.45, 7) is 5.03. The van der Waals surface area contributed by atoms with E-state index in [1.807, 2.05) is 0 Å². The fourth-order valence-corrected chi connectivity index (χ4v) is 6.80. The quantitative estimate of drug-likeness (QED) is 0.628. The van der Waals surface area contributed by atoms with Crippen molar-refractivity contribution in [2.24, 2.45) is 0 Å². The van der Waals surface area contributed by atoms with Gasteiger partial charge in [0, 0.05) is 17.3 Å². The van der Waals surface area contributed by atoms with Gasteiger partial charge in [0.05, 0.1) is 8.07 Å². The van der Waals surface area contributed by atoms with E-state index in [2.05, 4.69) is 54.9 Å².